The Kier molecular flexibility index (Phi) is 6.77. The van der Waals surface area contributed by atoms with E-state index in [1.165, 1.54) is 0 Å². The summed E-state index contributed by atoms with van der Waals surface area (Å²) < 4.78 is 5.31. The van der Waals surface area contributed by atoms with E-state index in [0.29, 0.717) is 24.4 Å². The lowest BCUT2D eigenvalue weighted by molar-refractivity contribution is -0.127. The number of nitrogens with two attached hydrogens (primary N) is 1. The summed E-state index contributed by atoms with van der Waals surface area (Å²) in [7, 11) is 1.66. The van der Waals surface area contributed by atoms with Crippen molar-refractivity contribution >= 4 is 35.0 Å². The van der Waals surface area contributed by atoms with Crippen LogP contribution < -0.4 is 15.8 Å². The average Bonchev–Trinajstić information content (AvgIpc) is 3.00. The van der Waals surface area contributed by atoms with Crippen LogP contribution >= 0.6 is 0 Å². The lowest BCUT2D eigenvalue weighted by Gasteiger charge is -2.22. The molecule has 0 bridgehead atoms. The monoisotopic (exact) mass is 445 g/mol. The van der Waals surface area contributed by atoms with Gasteiger partial charge in [-0.05, 0) is 43.2 Å². The third-order valence-corrected chi connectivity index (χ3v) is 5.79. The molecular formula is C26H31N5O2. The first-order valence-electron chi connectivity index (χ1n) is 11.5. The van der Waals surface area contributed by atoms with E-state index in [0.717, 1.165) is 65.6 Å². The smallest absolute Gasteiger partial charge is 0.250 e. The summed E-state index contributed by atoms with van der Waals surface area (Å²) in [6.45, 7) is 6.22. The molecule has 2 aromatic rings. The Morgan fingerprint density at radius 1 is 1.15 bits per heavy atom. The molecule has 33 heavy (non-hydrogen) atoms. The number of amides is 1. The van der Waals surface area contributed by atoms with E-state index in [1.54, 1.807) is 7.11 Å². The molecule has 0 aromatic heterocycles. The van der Waals surface area contributed by atoms with Crippen molar-refractivity contribution in [2.24, 2.45) is 15.7 Å². The number of amidine groups is 2. The molecule has 172 valence electrons. The van der Waals surface area contributed by atoms with Gasteiger partial charge in [-0.2, -0.15) is 0 Å². The Balaban J connectivity index is 1.62. The van der Waals surface area contributed by atoms with Gasteiger partial charge in [0, 0.05) is 47.5 Å². The van der Waals surface area contributed by atoms with Gasteiger partial charge in [0.2, 0.25) is 5.91 Å². The zero-order chi connectivity index (χ0) is 23.4. The minimum Gasteiger partial charge on any atom is -0.497 e. The Bertz CT molecular complexity index is 1140. The number of hydrogen-bond acceptors (Lipinski definition) is 6. The number of carbonyl (C=O) groups is 1. The minimum atomic E-state index is 0.0409. The van der Waals surface area contributed by atoms with Gasteiger partial charge in [0.05, 0.1) is 19.3 Å². The van der Waals surface area contributed by atoms with Crippen LogP contribution in [0, 0.1) is 0 Å². The predicted molar refractivity (Wildman–Crippen MR) is 134 cm³/mol. The molecule has 2 heterocycles. The van der Waals surface area contributed by atoms with Crippen molar-refractivity contribution in [1.82, 2.24) is 4.90 Å². The fourth-order valence-electron chi connectivity index (χ4n) is 4.18. The van der Waals surface area contributed by atoms with Crippen LogP contribution in [0.2, 0.25) is 0 Å². The van der Waals surface area contributed by atoms with Gasteiger partial charge in [-0.15, -0.1) is 0 Å². The quantitative estimate of drug-likeness (QED) is 0.657. The number of carbonyl (C=O) groups excluding carboxylic acids is 1. The second kappa shape index (κ2) is 9.90. The molecule has 0 aliphatic carbocycles. The summed E-state index contributed by atoms with van der Waals surface area (Å²) in [5.74, 6) is 2.08. The highest BCUT2D eigenvalue weighted by Crippen LogP contribution is 2.31. The van der Waals surface area contributed by atoms with Gasteiger partial charge in [-0.25, -0.2) is 4.99 Å². The van der Waals surface area contributed by atoms with Crippen LogP contribution in [-0.2, 0) is 11.3 Å². The van der Waals surface area contributed by atoms with E-state index in [4.69, 9.17) is 15.5 Å². The number of ether oxygens (including phenoxy) is 1. The summed E-state index contributed by atoms with van der Waals surface area (Å²) in [5, 5.41) is 3.41. The highest BCUT2D eigenvalue weighted by Gasteiger charge is 2.22. The number of methoxy groups -OCH3 is 1. The van der Waals surface area contributed by atoms with Gasteiger partial charge in [0.25, 0.3) is 0 Å². The molecule has 2 aromatic carbocycles. The maximum Gasteiger partial charge on any atom is 0.250 e. The lowest BCUT2D eigenvalue weighted by Crippen LogP contribution is -2.34. The van der Waals surface area contributed by atoms with Crippen LogP contribution in [0.5, 0.6) is 5.75 Å². The number of nitrogens with zero attached hydrogens (tertiary/aromatic N) is 3. The maximum atomic E-state index is 13.2. The van der Waals surface area contributed by atoms with Crippen molar-refractivity contribution in [3.05, 3.63) is 58.7 Å². The van der Waals surface area contributed by atoms with Gasteiger partial charge in [-0.3, -0.25) is 9.79 Å². The molecule has 1 amide bonds. The second-order valence-electron chi connectivity index (χ2n) is 8.33. The van der Waals surface area contributed by atoms with E-state index >= 15 is 0 Å². The zero-order valence-electron chi connectivity index (χ0n) is 19.5. The average molecular weight is 446 g/mol. The van der Waals surface area contributed by atoms with E-state index in [9.17, 15) is 4.79 Å². The highest BCUT2D eigenvalue weighted by atomic mass is 16.5. The topological polar surface area (TPSA) is 92.3 Å². The molecule has 7 nitrogen and oxygen atoms in total. The van der Waals surface area contributed by atoms with Gasteiger partial charge >= 0.3 is 0 Å². The molecule has 2 aliphatic heterocycles. The number of nitrogens with one attached hydrogen (secondary N) is 1. The van der Waals surface area contributed by atoms with Crippen molar-refractivity contribution in [2.75, 3.05) is 25.5 Å². The predicted octanol–water partition coefficient (Wildman–Crippen LogP) is 4.49. The lowest BCUT2D eigenvalue weighted by atomic mass is 10.0. The van der Waals surface area contributed by atoms with E-state index in [-0.39, 0.29) is 5.91 Å². The van der Waals surface area contributed by atoms with E-state index < -0.39 is 0 Å². The number of hydrogen-bond donors (Lipinski definition) is 2. The van der Waals surface area contributed by atoms with Gasteiger partial charge in [0.1, 0.15) is 17.4 Å². The number of rotatable bonds is 7. The molecule has 7 heteroatoms. The molecule has 0 atom stereocenters. The Morgan fingerprint density at radius 2 is 1.94 bits per heavy atom. The molecule has 3 N–H and O–H groups in total. The van der Waals surface area contributed by atoms with Crippen LogP contribution in [0.4, 0.5) is 11.4 Å². The van der Waals surface area contributed by atoms with Gasteiger partial charge in [-0.1, -0.05) is 26.0 Å². The Morgan fingerprint density at radius 3 is 2.67 bits per heavy atom. The number of anilines is 1. The molecule has 4 rings (SSSR count). The first kappa shape index (κ1) is 22.6. The first-order chi connectivity index (χ1) is 16.0. The third kappa shape index (κ3) is 4.92. The maximum absolute atomic E-state index is 13.2. The van der Waals surface area contributed by atoms with E-state index in [1.807, 2.05) is 47.4 Å². The summed E-state index contributed by atoms with van der Waals surface area (Å²) in [5.41, 5.74) is 11.6. The van der Waals surface area contributed by atoms with Crippen LogP contribution in [0.1, 0.15) is 49.8 Å². The van der Waals surface area contributed by atoms with Crippen LogP contribution in [0.3, 0.4) is 0 Å². The van der Waals surface area contributed by atoms with Crippen molar-refractivity contribution in [3.63, 3.8) is 0 Å². The fraction of sp³-hybridized carbons (Fsp3) is 0.346. The van der Waals surface area contributed by atoms with Gasteiger partial charge < -0.3 is 20.7 Å². The molecule has 0 fully saturated rings. The molecule has 0 saturated carbocycles. The summed E-state index contributed by atoms with van der Waals surface area (Å²) in [6.07, 6.45) is 4.13. The summed E-state index contributed by atoms with van der Waals surface area (Å²) >= 11 is 0. The fourth-order valence-corrected chi connectivity index (χ4v) is 4.18. The molecule has 2 aliphatic rings. The molecule has 0 unspecified atom stereocenters. The van der Waals surface area contributed by atoms with E-state index in [2.05, 4.69) is 24.2 Å². The van der Waals surface area contributed by atoms with Crippen molar-refractivity contribution < 1.29 is 9.53 Å². The van der Waals surface area contributed by atoms with Gasteiger partial charge in [0.15, 0.2) is 0 Å². The molecular weight excluding hydrogens is 414 g/mol. The normalized spacial score (nSPS) is 14.6. The molecule has 0 radical (unpaired) electrons. The molecule has 0 spiro atoms. The number of benzene rings is 2. The summed E-state index contributed by atoms with van der Waals surface area (Å²) in [4.78, 5) is 24.4. The standard InChI is InChI=1S/C26H31N5O2/c1-4-10-31(11-5-2)26(32)19-12-17-6-7-18(14-23(17)29-24(27)15-19)25-28-16-20-13-21(33-3)8-9-22(20)30-25/h6-9,12-14H,4-5,10-11,15-16H2,1-3H3,(H2,27,29)(H,28,30). The van der Waals surface area contributed by atoms with Crippen LogP contribution in [-0.4, -0.2) is 42.7 Å². The van der Waals surface area contributed by atoms with Crippen molar-refractivity contribution in [3.8, 4) is 5.75 Å². The van der Waals surface area contributed by atoms with Crippen LogP contribution in [0.25, 0.3) is 6.08 Å². The Hall–Kier alpha value is -3.61. The van der Waals surface area contributed by atoms with Crippen molar-refractivity contribution in [2.45, 2.75) is 39.7 Å². The number of fused-ring (bicyclic) bond motifs is 2. The SMILES string of the molecule is CCCN(CCC)C(=O)C1=Cc2ccc(C3=NCc4cc(OC)ccc4N3)cc2N=C(N)C1. The largest absolute Gasteiger partial charge is 0.497 e. The highest BCUT2D eigenvalue weighted by molar-refractivity contribution is 6.11. The first-order valence-corrected chi connectivity index (χ1v) is 11.5. The van der Waals surface area contributed by atoms with Crippen LogP contribution in [0.15, 0.2) is 52.0 Å². The number of aliphatic imine (C=N–C) groups is 2. The molecule has 0 saturated heterocycles. The minimum absolute atomic E-state index is 0.0409. The van der Waals surface area contributed by atoms with Crippen molar-refractivity contribution in [1.29, 1.82) is 0 Å². The zero-order valence-corrected chi connectivity index (χ0v) is 19.5. The Labute approximate surface area is 195 Å². The summed E-state index contributed by atoms with van der Waals surface area (Å²) in [6, 6.07) is 11.9. The second-order valence-corrected chi connectivity index (χ2v) is 8.33. The third-order valence-electron chi connectivity index (χ3n) is 5.79.